The van der Waals surface area contributed by atoms with E-state index in [0.717, 1.165) is 25.8 Å². The number of esters is 1. The van der Waals surface area contributed by atoms with E-state index in [1.807, 2.05) is 27.7 Å². The summed E-state index contributed by atoms with van der Waals surface area (Å²) in [5.41, 5.74) is -0.949. The molecule has 230 valence electrons. The topological polar surface area (TPSA) is 76.1 Å². The highest BCUT2D eigenvalue weighted by Gasteiger charge is 2.40. The predicted octanol–water partition coefficient (Wildman–Crippen LogP) is 7.26. The molecule has 0 amide bonds. The molecular formula is C33H63NO5. The first-order valence-corrected chi connectivity index (χ1v) is 15.9. The zero-order valence-corrected chi connectivity index (χ0v) is 27.3. The van der Waals surface area contributed by atoms with Gasteiger partial charge >= 0.3 is 5.97 Å². The second-order valence-corrected chi connectivity index (χ2v) is 13.9. The third kappa shape index (κ3) is 11.4. The first-order valence-electron chi connectivity index (χ1n) is 15.9. The summed E-state index contributed by atoms with van der Waals surface area (Å²) >= 11 is 0. The molecule has 1 saturated carbocycles. The number of hydrogen-bond acceptors (Lipinski definition) is 6. The molecule has 3 aliphatic rings. The van der Waals surface area contributed by atoms with Crippen LogP contribution in [0.2, 0.25) is 0 Å². The number of ether oxygens (including phenoxy) is 2. The summed E-state index contributed by atoms with van der Waals surface area (Å²) in [6, 6.07) is 0.256. The van der Waals surface area contributed by atoms with Crippen LogP contribution in [0.25, 0.3) is 0 Å². The second-order valence-electron chi connectivity index (χ2n) is 13.9. The van der Waals surface area contributed by atoms with Gasteiger partial charge in [-0.2, -0.15) is 0 Å². The number of rotatable bonds is 1. The summed E-state index contributed by atoms with van der Waals surface area (Å²) in [4.78, 5) is 27.9. The van der Waals surface area contributed by atoms with Crippen molar-refractivity contribution in [2.24, 2.45) is 34.5 Å². The van der Waals surface area contributed by atoms with E-state index in [9.17, 15) is 14.7 Å². The Kier molecular flexibility index (Phi) is 15.2. The van der Waals surface area contributed by atoms with E-state index in [1.54, 1.807) is 13.8 Å². The summed E-state index contributed by atoms with van der Waals surface area (Å²) < 4.78 is 11.0. The van der Waals surface area contributed by atoms with Crippen molar-refractivity contribution in [1.82, 2.24) is 4.90 Å². The van der Waals surface area contributed by atoms with Crippen molar-refractivity contribution in [3.05, 3.63) is 0 Å². The van der Waals surface area contributed by atoms with E-state index in [1.165, 1.54) is 32.1 Å². The van der Waals surface area contributed by atoms with E-state index < -0.39 is 11.7 Å². The molecule has 0 spiro atoms. The quantitative estimate of drug-likeness (QED) is 0.272. The Labute approximate surface area is 241 Å². The average Bonchev–Trinajstić information content (AvgIpc) is 2.87. The molecule has 2 aliphatic heterocycles. The minimum atomic E-state index is -1.05. The molecule has 2 saturated heterocycles. The van der Waals surface area contributed by atoms with Crippen LogP contribution < -0.4 is 0 Å². The van der Waals surface area contributed by atoms with Crippen LogP contribution >= 0.6 is 0 Å². The molecule has 1 aliphatic carbocycles. The smallest absolute Gasteiger partial charge is 0.319 e. The largest absolute Gasteiger partial charge is 0.463 e. The molecule has 6 nitrogen and oxygen atoms in total. The van der Waals surface area contributed by atoms with Gasteiger partial charge in [-0.05, 0) is 83.1 Å². The van der Waals surface area contributed by atoms with Crippen LogP contribution in [0, 0.1) is 34.5 Å². The number of Topliss-reactive ketones (excluding diaryl/α,β-unsaturated/α-hetero) is 1. The number of nitrogens with zero attached hydrogens (tertiary/aromatic N) is 1. The molecule has 0 aromatic carbocycles. The van der Waals surface area contributed by atoms with Gasteiger partial charge in [-0.1, -0.05) is 67.7 Å². The second kappa shape index (κ2) is 16.5. The Hall–Kier alpha value is -0.980. The Balaban J connectivity index is 0.000000528. The fraction of sp³-hybridized carbons (Fsp3) is 0.939. The fourth-order valence-corrected chi connectivity index (χ4v) is 6.54. The molecular weight excluding hydrogens is 490 g/mol. The van der Waals surface area contributed by atoms with Crippen LogP contribution in [-0.2, 0) is 19.1 Å². The van der Waals surface area contributed by atoms with Crippen molar-refractivity contribution in [3.63, 3.8) is 0 Å². The zero-order valence-electron chi connectivity index (χ0n) is 27.3. The summed E-state index contributed by atoms with van der Waals surface area (Å²) in [6.07, 6.45) is 9.41. The highest BCUT2D eigenvalue weighted by molar-refractivity contribution is 6.02. The minimum absolute atomic E-state index is 0.00930. The summed E-state index contributed by atoms with van der Waals surface area (Å²) in [5.74, 6) is 1.66. The molecule has 1 N–H and O–H groups in total. The van der Waals surface area contributed by atoms with Gasteiger partial charge in [0.25, 0.3) is 0 Å². The molecule has 6 heteroatoms. The molecule has 6 atom stereocenters. The summed E-state index contributed by atoms with van der Waals surface area (Å²) in [6.45, 7) is 21.9. The molecule has 3 fully saturated rings. The molecule has 3 rings (SSSR count). The molecule has 39 heavy (non-hydrogen) atoms. The Bertz CT molecular complexity index is 718. The van der Waals surface area contributed by atoms with Gasteiger partial charge in [-0.15, -0.1) is 0 Å². The summed E-state index contributed by atoms with van der Waals surface area (Å²) in [7, 11) is 2.19. The monoisotopic (exact) mass is 553 g/mol. The third-order valence-electron chi connectivity index (χ3n) is 9.31. The minimum Gasteiger partial charge on any atom is -0.463 e. The van der Waals surface area contributed by atoms with Crippen LogP contribution in [0.3, 0.4) is 0 Å². The van der Waals surface area contributed by atoms with Gasteiger partial charge in [-0.3, -0.25) is 14.5 Å². The number of carbonyl (C=O) groups excluding carboxylic acids is 2. The van der Waals surface area contributed by atoms with E-state index in [-0.39, 0.29) is 35.2 Å². The maximum Gasteiger partial charge on any atom is 0.319 e. The van der Waals surface area contributed by atoms with Crippen molar-refractivity contribution < 1.29 is 24.2 Å². The third-order valence-corrected chi connectivity index (χ3v) is 9.31. The number of aliphatic hydroxyl groups excluding tert-OH is 1. The highest BCUT2D eigenvalue weighted by Crippen LogP contribution is 2.35. The van der Waals surface area contributed by atoms with E-state index in [2.05, 4.69) is 39.6 Å². The molecule has 0 aromatic heterocycles. The fourth-order valence-electron chi connectivity index (χ4n) is 6.54. The zero-order chi connectivity index (χ0) is 30.0. The van der Waals surface area contributed by atoms with Gasteiger partial charge in [0.2, 0.25) is 0 Å². The van der Waals surface area contributed by atoms with Gasteiger partial charge in [0.1, 0.15) is 17.8 Å². The lowest BCUT2D eigenvalue weighted by atomic mass is 9.76. The Morgan fingerprint density at radius 2 is 1.54 bits per heavy atom. The average molecular weight is 554 g/mol. The van der Waals surface area contributed by atoms with Crippen LogP contribution in [0.1, 0.15) is 127 Å². The summed E-state index contributed by atoms with van der Waals surface area (Å²) in [5, 5.41) is 9.30. The van der Waals surface area contributed by atoms with E-state index >= 15 is 0 Å². The number of likely N-dealkylation sites (N-methyl/N-ethyl adjacent to an activating group) is 1. The number of cyclic esters (lactones) is 1. The molecule has 2 heterocycles. The van der Waals surface area contributed by atoms with Crippen molar-refractivity contribution in [1.29, 1.82) is 0 Å². The first-order chi connectivity index (χ1) is 18.1. The first kappa shape index (κ1) is 36.0. The maximum absolute atomic E-state index is 12.8. The molecule has 0 aromatic rings. The van der Waals surface area contributed by atoms with E-state index in [0.29, 0.717) is 30.8 Å². The van der Waals surface area contributed by atoms with Crippen LogP contribution in [0.15, 0.2) is 0 Å². The van der Waals surface area contributed by atoms with Gasteiger partial charge in [0.15, 0.2) is 6.29 Å². The number of carbonyl (C=O) groups is 2. The van der Waals surface area contributed by atoms with Crippen LogP contribution in [0.4, 0.5) is 0 Å². The Morgan fingerprint density at radius 1 is 0.949 bits per heavy atom. The standard InChI is InChI=1S/C23H41NO3.C8H16O2.C2H6/c1-17-14-22(2,3)13-12-20(25)23(4,5)21(26)27-16-19(24(6)15-17)18-10-8-7-9-11-18;1-5-4-6(2)10-8(9)7(5)3;1-2/h17-19H,7-16H2,1-6H3;5-9H,4H2,1-3H3;1-2H3/t17-,19+;5-,6+,7+,8+;/m10./s1. The normalized spacial score (nSPS) is 35.0. The maximum atomic E-state index is 12.8. The van der Waals surface area contributed by atoms with Crippen molar-refractivity contribution in [3.8, 4) is 0 Å². The predicted molar refractivity (Wildman–Crippen MR) is 160 cm³/mol. The molecule has 0 bridgehead atoms. The van der Waals surface area contributed by atoms with Crippen LogP contribution in [0.5, 0.6) is 0 Å². The number of aliphatic hydroxyl groups is 1. The van der Waals surface area contributed by atoms with Gasteiger partial charge < -0.3 is 14.6 Å². The van der Waals surface area contributed by atoms with Gasteiger partial charge in [0.05, 0.1) is 6.10 Å². The van der Waals surface area contributed by atoms with Crippen molar-refractivity contribution in [2.45, 2.75) is 145 Å². The van der Waals surface area contributed by atoms with Gasteiger partial charge in [-0.25, -0.2) is 0 Å². The number of hydrogen-bond donors (Lipinski definition) is 1. The lowest BCUT2D eigenvalue weighted by molar-refractivity contribution is -0.199. The van der Waals surface area contributed by atoms with Crippen molar-refractivity contribution in [2.75, 3.05) is 20.2 Å². The Morgan fingerprint density at radius 3 is 2.10 bits per heavy atom. The van der Waals surface area contributed by atoms with Crippen LogP contribution in [-0.4, -0.2) is 60.4 Å². The van der Waals surface area contributed by atoms with Gasteiger partial charge in [0, 0.05) is 24.9 Å². The lowest BCUT2D eigenvalue weighted by Crippen LogP contribution is -2.46. The SMILES string of the molecule is CC.C[C@H]1CN(C)[C@H](C2CCCCC2)COC(=O)C(C)(C)C(=O)CCC(C)(C)C1.C[C@H]1[C@H](O)O[C@H](C)C[C@@H]1C. The van der Waals surface area contributed by atoms with E-state index in [4.69, 9.17) is 9.47 Å². The molecule has 0 radical (unpaired) electrons. The highest BCUT2D eigenvalue weighted by atomic mass is 16.6. The number of ketones is 1. The van der Waals surface area contributed by atoms with Crippen molar-refractivity contribution >= 4 is 11.8 Å². The lowest BCUT2D eigenvalue weighted by Gasteiger charge is -2.38. The molecule has 0 unspecified atom stereocenters.